The molecule has 0 aliphatic rings. The van der Waals surface area contributed by atoms with Crippen LogP contribution in [0.25, 0.3) is 0 Å². The molecular formula is C20H27NO3S. The summed E-state index contributed by atoms with van der Waals surface area (Å²) in [5.41, 5.74) is 2.19. The van der Waals surface area contributed by atoms with E-state index in [4.69, 9.17) is 9.84 Å². The number of carbonyl (C=O) groups is 1. The minimum Gasteiger partial charge on any atom is -0.486 e. The number of thiazole rings is 1. The lowest BCUT2D eigenvalue weighted by Gasteiger charge is -2.33. The third-order valence-corrected chi connectivity index (χ3v) is 5.12. The fourth-order valence-corrected chi connectivity index (χ4v) is 4.10. The van der Waals surface area contributed by atoms with Crippen LogP contribution in [-0.2, 0) is 12.0 Å². The number of nitrogens with zero attached hydrogens (tertiary/aromatic N) is 1. The van der Waals surface area contributed by atoms with Crippen LogP contribution in [0.1, 0.15) is 67.0 Å². The van der Waals surface area contributed by atoms with Crippen LogP contribution in [0.4, 0.5) is 0 Å². The molecule has 0 saturated heterocycles. The molecule has 0 amide bonds. The van der Waals surface area contributed by atoms with Crippen molar-refractivity contribution in [2.24, 2.45) is 5.41 Å². The number of benzene rings is 1. The number of carboxylic acid groups (broad SMARTS) is 1. The molecule has 5 heteroatoms. The summed E-state index contributed by atoms with van der Waals surface area (Å²) in [7, 11) is 0. The van der Waals surface area contributed by atoms with Gasteiger partial charge in [0, 0.05) is 0 Å². The van der Waals surface area contributed by atoms with Crippen LogP contribution in [0.2, 0.25) is 0 Å². The summed E-state index contributed by atoms with van der Waals surface area (Å²) in [6.45, 7) is 13.3. The predicted octanol–water partition coefficient (Wildman–Crippen LogP) is 5.44. The van der Waals surface area contributed by atoms with Gasteiger partial charge in [-0.1, -0.05) is 46.8 Å². The van der Waals surface area contributed by atoms with Crippen LogP contribution in [0.15, 0.2) is 24.3 Å². The van der Waals surface area contributed by atoms with Gasteiger partial charge in [-0.3, -0.25) is 0 Å². The molecule has 1 aromatic carbocycles. The van der Waals surface area contributed by atoms with Crippen molar-refractivity contribution in [1.29, 1.82) is 0 Å². The summed E-state index contributed by atoms with van der Waals surface area (Å²) < 4.78 is 5.76. The Balaban J connectivity index is 2.03. The molecule has 136 valence electrons. The Morgan fingerprint density at radius 1 is 1.16 bits per heavy atom. The molecule has 0 saturated carbocycles. The monoisotopic (exact) mass is 361 g/mol. The molecule has 2 rings (SSSR count). The molecule has 0 unspecified atom stereocenters. The topological polar surface area (TPSA) is 59.4 Å². The van der Waals surface area contributed by atoms with Gasteiger partial charge < -0.3 is 9.84 Å². The zero-order valence-corrected chi connectivity index (χ0v) is 16.7. The number of ether oxygens (including phenoxy) is 1. The van der Waals surface area contributed by atoms with E-state index in [0.29, 0.717) is 10.7 Å². The molecular weight excluding hydrogens is 334 g/mol. The molecule has 25 heavy (non-hydrogen) atoms. The lowest BCUT2D eigenvalue weighted by molar-refractivity contribution is 0.0701. The Bertz CT molecular complexity index is 739. The number of aryl methyl sites for hydroxylation is 1. The number of carboxylic acids is 1. The van der Waals surface area contributed by atoms with Gasteiger partial charge in [-0.25, -0.2) is 9.78 Å². The average molecular weight is 362 g/mol. The van der Waals surface area contributed by atoms with Crippen molar-refractivity contribution in [2.75, 3.05) is 0 Å². The second kappa shape index (κ2) is 7.16. The molecule has 0 bridgehead atoms. The van der Waals surface area contributed by atoms with Crippen molar-refractivity contribution in [3.63, 3.8) is 0 Å². The molecule has 0 radical (unpaired) electrons. The van der Waals surface area contributed by atoms with E-state index in [9.17, 15) is 4.79 Å². The molecule has 1 aromatic heterocycles. The second-order valence-corrected chi connectivity index (χ2v) is 9.35. The van der Waals surface area contributed by atoms with E-state index in [1.165, 1.54) is 5.56 Å². The third kappa shape index (κ3) is 5.30. The number of hydrogen-bond donors (Lipinski definition) is 1. The number of hydrogen-bond acceptors (Lipinski definition) is 4. The van der Waals surface area contributed by atoms with Crippen LogP contribution in [0.3, 0.4) is 0 Å². The van der Waals surface area contributed by atoms with E-state index in [1.807, 2.05) is 12.1 Å². The quantitative estimate of drug-likeness (QED) is 0.744. The van der Waals surface area contributed by atoms with Crippen LogP contribution in [0.5, 0.6) is 5.75 Å². The highest BCUT2D eigenvalue weighted by atomic mass is 32.1. The summed E-state index contributed by atoms with van der Waals surface area (Å²) in [5, 5.41) is 9.75. The van der Waals surface area contributed by atoms with Crippen molar-refractivity contribution in [3.8, 4) is 5.75 Å². The number of rotatable bonds is 6. The fraction of sp³-hybridized carbons (Fsp3) is 0.500. The number of aromatic carboxylic acids is 1. The molecule has 0 aliphatic heterocycles. The Kier molecular flexibility index (Phi) is 5.57. The third-order valence-electron chi connectivity index (χ3n) is 4.01. The molecule has 1 N–H and O–H groups in total. The smallest absolute Gasteiger partial charge is 0.347 e. The summed E-state index contributed by atoms with van der Waals surface area (Å²) in [6.07, 6.45) is 1.09. The summed E-state index contributed by atoms with van der Waals surface area (Å²) in [4.78, 5) is 15.6. The van der Waals surface area contributed by atoms with Crippen LogP contribution in [-0.4, -0.2) is 16.1 Å². The van der Waals surface area contributed by atoms with Crippen molar-refractivity contribution in [3.05, 3.63) is 45.4 Å². The maximum atomic E-state index is 11.1. The Hall–Kier alpha value is -1.88. The first-order valence-electron chi connectivity index (χ1n) is 8.41. The van der Waals surface area contributed by atoms with E-state index >= 15 is 0 Å². The van der Waals surface area contributed by atoms with Gasteiger partial charge in [0.1, 0.15) is 22.2 Å². The van der Waals surface area contributed by atoms with Crippen LogP contribution >= 0.6 is 11.3 Å². The van der Waals surface area contributed by atoms with Crippen LogP contribution in [0, 0.1) is 12.3 Å². The average Bonchev–Trinajstić information content (AvgIpc) is 2.84. The van der Waals surface area contributed by atoms with E-state index < -0.39 is 5.97 Å². The Morgan fingerprint density at radius 2 is 1.76 bits per heavy atom. The molecule has 0 atom stereocenters. The molecule has 0 aliphatic carbocycles. The van der Waals surface area contributed by atoms with Crippen molar-refractivity contribution in [1.82, 2.24) is 4.98 Å². The summed E-state index contributed by atoms with van der Waals surface area (Å²) in [5.74, 6) is -0.174. The highest BCUT2D eigenvalue weighted by Crippen LogP contribution is 2.36. The maximum absolute atomic E-state index is 11.1. The van der Waals surface area contributed by atoms with E-state index in [0.717, 1.165) is 23.5 Å². The zero-order chi connectivity index (χ0) is 18.8. The van der Waals surface area contributed by atoms with Gasteiger partial charge in [0.25, 0.3) is 0 Å². The van der Waals surface area contributed by atoms with E-state index in [-0.39, 0.29) is 22.3 Å². The summed E-state index contributed by atoms with van der Waals surface area (Å²) >= 11 is 1.16. The lowest BCUT2D eigenvalue weighted by Crippen LogP contribution is -2.24. The Labute approximate surface area is 153 Å². The number of aromatic nitrogens is 1. The van der Waals surface area contributed by atoms with Crippen molar-refractivity contribution < 1.29 is 14.6 Å². The first-order valence-corrected chi connectivity index (χ1v) is 9.22. The minimum absolute atomic E-state index is 0.0968. The molecule has 4 nitrogen and oxygen atoms in total. The standard InChI is InChI=1S/C20H27NO3S/c1-13-17(18(22)23)25-16(21-13)11-24-15-9-7-14(8-10-15)20(5,6)12-19(2,3)4/h7-10H,11-12H2,1-6H3,(H,22,23). The van der Waals surface area contributed by atoms with Crippen LogP contribution < -0.4 is 4.74 Å². The molecule has 0 fully saturated rings. The van der Waals surface area contributed by atoms with Gasteiger partial charge in [-0.15, -0.1) is 11.3 Å². The normalized spacial score (nSPS) is 12.2. The Morgan fingerprint density at radius 3 is 2.24 bits per heavy atom. The first kappa shape index (κ1) is 19.4. The van der Waals surface area contributed by atoms with Gasteiger partial charge in [0.05, 0.1) is 5.69 Å². The van der Waals surface area contributed by atoms with Gasteiger partial charge in [-0.2, -0.15) is 0 Å². The van der Waals surface area contributed by atoms with Gasteiger partial charge in [0.15, 0.2) is 0 Å². The maximum Gasteiger partial charge on any atom is 0.347 e. The van der Waals surface area contributed by atoms with Crippen molar-refractivity contribution in [2.45, 2.75) is 60.0 Å². The molecule has 2 aromatic rings. The SMILES string of the molecule is Cc1nc(COc2ccc(C(C)(C)CC(C)(C)C)cc2)sc1C(=O)O. The van der Waals surface area contributed by atoms with E-state index in [2.05, 4.69) is 51.7 Å². The fourth-order valence-electron chi connectivity index (χ4n) is 3.29. The van der Waals surface area contributed by atoms with Crippen molar-refractivity contribution >= 4 is 17.3 Å². The van der Waals surface area contributed by atoms with Gasteiger partial charge in [0.2, 0.25) is 0 Å². The predicted molar refractivity (Wildman–Crippen MR) is 102 cm³/mol. The first-order chi connectivity index (χ1) is 11.5. The van der Waals surface area contributed by atoms with Gasteiger partial charge >= 0.3 is 5.97 Å². The highest BCUT2D eigenvalue weighted by molar-refractivity contribution is 7.13. The molecule has 1 heterocycles. The van der Waals surface area contributed by atoms with E-state index in [1.54, 1.807) is 6.92 Å². The minimum atomic E-state index is -0.938. The lowest BCUT2D eigenvalue weighted by atomic mass is 9.72. The second-order valence-electron chi connectivity index (χ2n) is 8.26. The van der Waals surface area contributed by atoms with Gasteiger partial charge in [-0.05, 0) is 41.9 Å². The largest absolute Gasteiger partial charge is 0.486 e. The summed E-state index contributed by atoms with van der Waals surface area (Å²) in [6, 6.07) is 8.16. The highest BCUT2D eigenvalue weighted by Gasteiger charge is 2.27. The zero-order valence-electron chi connectivity index (χ0n) is 15.8. The molecule has 0 spiro atoms.